The van der Waals surface area contributed by atoms with Gasteiger partial charge < -0.3 is 14.8 Å². The van der Waals surface area contributed by atoms with Gasteiger partial charge in [-0.25, -0.2) is 9.07 Å². The van der Waals surface area contributed by atoms with Crippen molar-refractivity contribution in [2.24, 2.45) is 5.92 Å². The molecule has 0 atom stereocenters. The molecule has 0 aliphatic carbocycles. The number of aryl methyl sites for hydroxylation is 4. The Morgan fingerprint density at radius 2 is 1.61 bits per heavy atom. The second-order valence-electron chi connectivity index (χ2n) is 9.67. The number of anilines is 2. The van der Waals surface area contributed by atoms with Gasteiger partial charge in [-0.05, 0) is 82.5 Å². The van der Waals surface area contributed by atoms with E-state index in [0.29, 0.717) is 24.1 Å². The third-order valence-corrected chi connectivity index (χ3v) is 7.11. The van der Waals surface area contributed by atoms with Gasteiger partial charge in [0.15, 0.2) is 5.82 Å². The number of halogens is 1. The summed E-state index contributed by atoms with van der Waals surface area (Å²) >= 11 is 0. The Kier molecular flexibility index (Phi) is 6.39. The Morgan fingerprint density at radius 3 is 2.25 bits per heavy atom. The third kappa shape index (κ3) is 4.41. The summed E-state index contributed by atoms with van der Waals surface area (Å²) in [6, 6.07) is 19.3. The molecule has 1 N–H and O–H groups in total. The van der Waals surface area contributed by atoms with Gasteiger partial charge >= 0.3 is 0 Å². The summed E-state index contributed by atoms with van der Waals surface area (Å²) in [7, 11) is 0. The lowest BCUT2D eigenvalue weighted by Crippen LogP contribution is -2.39. The molecule has 36 heavy (non-hydrogen) atoms. The van der Waals surface area contributed by atoms with E-state index in [4.69, 9.17) is 5.10 Å². The van der Waals surface area contributed by atoms with E-state index in [1.54, 1.807) is 19.1 Å². The average molecular weight is 486 g/mol. The molecule has 1 aliphatic heterocycles. The molecule has 1 aliphatic rings. The Hall–Kier alpha value is -3.87. The first kappa shape index (κ1) is 23.9. The first-order valence-corrected chi connectivity index (χ1v) is 12.5. The molecule has 0 bridgehead atoms. The number of carbonyl (C=O) groups excluding carboxylic acids is 1. The number of hydrogen-bond acceptors (Lipinski definition) is 3. The van der Waals surface area contributed by atoms with E-state index in [-0.39, 0.29) is 17.6 Å². The number of nitrogens with zero attached hydrogens (tertiary/aromatic N) is 4. The van der Waals surface area contributed by atoms with Crippen LogP contribution in [0.4, 0.5) is 15.9 Å². The summed E-state index contributed by atoms with van der Waals surface area (Å²) in [6.45, 7) is 9.44. The number of rotatable bonds is 5. The van der Waals surface area contributed by atoms with Gasteiger partial charge in [0.25, 0.3) is 0 Å². The molecule has 0 radical (unpaired) electrons. The maximum absolute atomic E-state index is 13.9. The van der Waals surface area contributed by atoms with E-state index in [1.165, 1.54) is 6.07 Å². The number of benzene rings is 2. The van der Waals surface area contributed by atoms with Gasteiger partial charge in [-0.1, -0.05) is 24.3 Å². The normalized spacial score (nSPS) is 14.3. The molecule has 3 heterocycles. The number of nitrogens with one attached hydrogen (secondary N) is 1. The largest absolute Gasteiger partial charge is 0.355 e. The monoisotopic (exact) mass is 485 g/mol. The fraction of sp³-hybridized carbons (Fsp3) is 0.310. The van der Waals surface area contributed by atoms with Crippen molar-refractivity contribution in [2.45, 2.75) is 40.5 Å². The predicted octanol–water partition coefficient (Wildman–Crippen LogP) is 5.89. The standard InChI is InChI=1S/C29H32FN5O/c1-19-10-13-24(18-26(19)30)31-28(36)23-14-16-33(17-15-23)29-27(34-20(2)11-12-21(34)3)22(4)32-35(29)25-8-6-5-7-9-25/h5-13,18,23H,14-17H2,1-4H3,(H,31,36). The smallest absolute Gasteiger partial charge is 0.227 e. The van der Waals surface area contributed by atoms with Gasteiger partial charge in [-0.15, -0.1) is 0 Å². The second-order valence-corrected chi connectivity index (χ2v) is 9.67. The topological polar surface area (TPSA) is 55.1 Å². The van der Waals surface area contributed by atoms with Crippen LogP contribution in [0.25, 0.3) is 11.4 Å². The van der Waals surface area contributed by atoms with Crippen LogP contribution in [0.3, 0.4) is 0 Å². The van der Waals surface area contributed by atoms with Crippen LogP contribution >= 0.6 is 0 Å². The summed E-state index contributed by atoms with van der Waals surface area (Å²) in [5, 5.41) is 7.86. The summed E-state index contributed by atoms with van der Waals surface area (Å²) < 4.78 is 18.2. The Morgan fingerprint density at radius 1 is 0.944 bits per heavy atom. The van der Waals surface area contributed by atoms with Crippen molar-refractivity contribution in [1.29, 1.82) is 0 Å². The Labute approximate surface area is 211 Å². The molecule has 1 fully saturated rings. The van der Waals surface area contributed by atoms with Crippen molar-refractivity contribution in [2.75, 3.05) is 23.3 Å². The highest BCUT2D eigenvalue weighted by Gasteiger charge is 2.30. The fourth-order valence-electron chi connectivity index (χ4n) is 5.09. The molecule has 5 rings (SSSR count). The van der Waals surface area contributed by atoms with E-state index in [1.807, 2.05) is 22.9 Å². The Bertz CT molecular complexity index is 1380. The number of hydrogen-bond donors (Lipinski definition) is 1. The molecular weight excluding hydrogens is 453 g/mol. The Balaban J connectivity index is 1.43. The van der Waals surface area contributed by atoms with Crippen LogP contribution in [0.15, 0.2) is 60.7 Å². The van der Waals surface area contributed by atoms with Crippen LogP contribution in [0.1, 0.15) is 35.5 Å². The highest BCUT2D eigenvalue weighted by Crippen LogP contribution is 2.35. The van der Waals surface area contributed by atoms with Gasteiger partial charge in [0.2, 0.25) is 5.91 Å². The van der Waals surface area contributed by atoms with Crippen LogP contribution in [-0.4, -0.2) is 33.3 Å². The number of aromatic nitrogens is 3. The summed E-state index contributed by atoms with van der Waals surface area (Å²) in [6.07, 6.45) is 1.42. The molecule has 4 aromatic rings. The number of para-hydroxylation sites is 1. The zero-order chi connectivity index (χ0) is 25.4. The molecular formula is C29H32FN5O. The minimum absolute atomic E-state index is 0.0528. The average Bonchev–Trinajstić information content (AvgIpc) is 3.39. The van der Waals surface area contributed by atoms with E-state index in [0.717, 1.165) is 47.4 Å². The zero-order valence-corrected chi connectivity index (χ0v) is 21.3. The highest BCUT2D eigenvalue weighted by molar-refractivity contribution is 5.92. The van der Waals surface area contributed by atoms with Crippen LogP contribution < -0.4 is 10.2 Å². The number of carbonyl (C=O) groups is 1. The van der Waals surface area contributed by atoms with Crippen LogP contribution in [-0.2, 0) is 4.79 Å². The lowest BCUT2D eigenvalue weighted by Gasteiger charge is -2.34. The minimum Gasteiger partial charge on any atom is -0.355 e. The van der Waals surface area contributed by atoms with E-state index in [9.17, 15) is 9.18 Å². The molecule has 6 nitrogen and oxygen atoms in total. The lowest BCUT2D eigenvalue weighted by molar-refractivity contribution is -0.120. The van der Waals surface area contributed by atoms with E-state index in [2.05, 4.69) is 59.8 Å². The summed E-state index contributed by atoms with van der Waals surface area (Å²) in [5.74, 6) is 0.553. The van der Waals surface area contributed by atoms with Crippen molar-refractivity contribution in [3.63, 3.8) is 0 Å². The molecule has 7 heteroatoms. The van der Waals surface area contributed by atoms with Crippen LogP contribution in [0, 0.1) is 39.4 Å². The SMILES string of the molecule is Cc1ccc(NC(=O)C2CCN(c3c(-n4c(C)ccc4C)c(C)nn3-c3ccccc3)CC2)cc1F. The third-order valence-electron chi connectivity index (χ3n) is 7.11. The van der Waals surface area contributed by atoms with Crippen molar-refractivity contribution in [1.82, 2.24) is 14.3 Å². The molecule has 0 unspecified atom stereocenters. The number of piperidine rings is 1. The van der Waals surface area contributed by atoms with Crippen molar-refractivity contribution in [3.8, 4) is 11.4 Å². The van der Waals surface area contributed by atoms with Gasteiger partial charge in [0, 0.05) is 36.1 Å². The predicted molar refractivity (Wildman–Crippen MR) is 142 cm³/mol. The van der Waals surface area contributed by atoms with E-state index >= 15 is 0 Å². The van der Waals surface area contributed by atoms with Gasteiger partial charge in [0.05, 0.1) is 11.4 Å². The minimum atomic E-state index is -0.310. The molecule has 0 spiro atoms. The first-order chi connectivity index (χ1) is 17.3. The highest BCUT2D eigenvalue weighted by atomic mass is 19.1. The lowest BCUT2D eigenvalue weighted by atomic mass is 9.95. The molecule has 186 valence electrons. The summed E-state index contributed by atoms with van der Waals surface area (Å²) in [4.78, 5) is 15.3. The summed E-state index contributed by atoms with van der Waals surface area (Å²) in [5.41, 5.74) is 6.42. The van der Waals surface area contributed by atoms with Crippen molar-refractivity contribution in [3.05, 3.63) is 89.1 Å². The molecule has 2 aromatic carbocycles. The molecule has 2 aromatic heterocycles. The molecule has 0 saturated carbocycles. The van der Waals surface area contributed by atoms with Crippen molar-refractivity contribution >= 4 is 17.4 Å². The first-order valence-electron chi connectivity index (χ1n) is 12.5. The van der Waals surface area contributed by atoms with Crippen molar-refractivity contribution < 1.29 is 9.18 Å². The zero-order valence-electron chi connectivity index (χ0n) is 21.3. The van der Waals surface area contributed by atoms with Crippen LogP contribution in [0.2, 0.25) is 0 Å². The van der Waals surface area contributed by atoms with E-state index < -0.39 is 0 Å². The van der Waals surface area contributed by atoms with Gasteiger partial charge in [-0.2, -0.15) is 5.10 Å². The van der Waals surface area contributed by atoms with Gasteiger partial charge in [0.1, 0.15) is 11.5 Å². The van der Waals surface area contributed by atoms with Crippen LogP contribution in [0.5, 0.6) is 0 Å². The fourth-order valence-corrected chi connectivity index (χ4v) is 5.09. The maximum Gasteiger partial charge on any atom is 0.227 e. The quantitative estimate of drug-likeness (QED) is 0.383. The molecule has 1 saturated heterocycles. The number of amides is 1. The molecule has 1 amide bonds. The second kappa shape index (κ2) is 9.64. The maximum atomic E-state index is 13.9. The van der Waals surface area contributed by atoms with Gasteiger partial charge in [-0.3, -0.25) is 4.79 Å².